The number of aromatic hydroxyl groups is 1. The minimum Gasteiger partial charge on any atom is -0.508 e. The number of phenolic OH excluding ortho intramolecular Hbond substituents is 1. The molecule has 3 rings (SSSR count). The van der Waals surface area contributed by atoms with Gasteiger partial charge in [0, 0.05) is 34.1 Å². The van der Waals surface area contributed by atoms with Crippen molar-refractivity contribution in [1.29, 1.82) is 0 Å². The fourth-order valence-corrected chi connectivity index (χ4v) is 4.31. The fraction of sp³-hybridized carbons (Fsp3) is 0.588. The van der Waals surface area contributed by atoms with E-state index in [0.717, 1.165) is 25.8 Å². The standard InChI is InChI=1S/C17H21Cl2NO2/c18-12-9-15(19)14(16(21)10-12)8-11-6-7-20(17(11)22)13-4-2-1-3-5-13/h9-11,13,21H,1-8H2. The van der Waals surface area contributed by atoms with Gasteiger partial charge in [0.1, 0.15) is 5.75 Å². The summed E-state index contributed by atoms with van der Waals surface area (Å²) >= 11 is 12.0. The van der Waals surface area contributed by atoms with Crippen LogP contribution >= 0.6 is 23.2 Å². The van der Waals surface area contributed by atoms with E-state index in [9.17, 15) is 9.90 Å². The highest BCUT2D eigenvalue weighted by Gasteiger charge is 2.36. The van der Waals surface area contributed by atoms with Crippen LogP contribution < -0.4 is 0 Å². The second-order valence-electron chi connectivity index (χ2n) is 6.40. The maximum absolute atomic E-state index is 12.7. The van der Waals surface area contributed by atoms with Gasteiger partial charge in [-0.2, -0.15) is 0 Å². The summed E-state index contributed by atoms with van der Waals surface area (Å²) in [4.78, 5) is 14.7. The van der Waals surface area contributed by atoms with Crippen LogP contribution in [-0.2, 0) is 11.2 Å². The molecule has 1 saturated carbocycles. The van der Waals surface area contributed by atoms with Crippen molar-refractivity contribution in [3.8, 4) is 5.75 Å². The van der Waals surface area contributed by atoms with E-state index in [1.807, 2.05) is 0 Å². The smallest absolute Gasteiger partial charge is 0.226 e. The SMILES string of the molecule is O=C1C(Cc2c(O)cc(Cl)cc2Cl)CCN1C1CCCCC1. The van der Waals surface area contributed by atoms with Crippen molar-refractivity contribution in [1.82, 2.24) is 4.90 Å². The molecule has 1 amide bonds. The molecule has 1 aliphatic carbocycles. The molecule has 3 nitrogen and oxygen atoms in total. The van der Waals surface area contributed by atoms with E-state index >= 15 is 0 Å². The number of hydrogen-bond donors (Lipinski definition) is 1. The van der Waals surface area contributed by atoms with E-state index in [4.69, 9.17) is 23.2 Å². The predicted octanol–water partition coefficient (Wildman–Crippen LogP) is 4.42. The molecule has 1 saturated heterocycles. The molecular weight excluding hydrogens is 321 g/mol. The van der Waals surface area contributed by atoms with E-state index < -0.39 is 0 Å². The third kappa shape index (κ3) is 3.21. The Morgan fingerprint density at radius 3 is 2.55 bits per heavy atom. The number of likely N-dealkylation sites (tertiary alicyclic amines) is 1. The zero-order valence-corrected chi connectivity index (χ0v) is 14.0. The number of halogens is 2. The summed E-state index contributed by atoms with van der Waals surface area (Å²) in [5.41, 5.74) is 0.634. The van der Waals surface area contributed by atoms with Gasteiger partial charge in [-0.25, -0.2) is 0 Å². The van der Waals surface area contributed by atoms with Crippen molar-refractivity contribution in [3.05, 3.63) is 27.7 Å². The van der Waals surface area contributed by atoms with Crippen LogP contribution in [0.25, 0.3) is 0 Å². The van der Waals surface area contributed by atoms with Gasteiger partial charge >= 0.3 is 0 Å². The van der Waals surface area contributed by atoms with Gasteiger partial charge in [-0.15, -0.1) is 0 Å². The van der Waals surface area contributed by atoms with Gasteiger partial charge in [0.05, 0.1) is 0 Å². The van der Waals surface area contributed by atoms with Gasteiger partial charge in [0.15, 0.2) is 0 Å². The van der Waals surface area contributed by atoms with Crippen LogP contribution in [0.4, 0.5) is 0 Å². The lowest BCUT2D eigenvalue weighted by Crippen LogP contribution is -2.39. The Balaban J connectivity index is 1.71. The summed E-state index contributed by atoms with van der Waals surface area (Å²) in [6, 6.07) is 3.53. The molecule has 120 valence electrons. The minimum atomic E-state index is -0.0773. The Morgan fingerprint density at radius 1 is 1.14 bits per heavy atom. The molecule has 1 N–H and O–H groups in total. The van der Waals surface area contributed by atoms with Crippen molar-refractivity contribution in [3.63, 3.8) is 0 Å². The van der Waals surface area contributed by atoms with Gasteiger partial charge in [0.2, 0.25) is 5.91 Å². The van der Waals surface area contributed by atoms with Crippen molar-refractivity contribution in [2.75, 3.05) is 6.54 Å². The van der Waals surface area contributed by atoms with E-state index in [-0.39, 0.29) is 17.6 Å². The van der Waals surface area contributed by atoms with Gasteiger partial charge < -0.3 is 10.0 Å². The maximum Gasteiger partial charge on any atom is 0.226 e. The minimum absolute atomic E-state index is 0.0773. The zero-order chi connectivity index (χ0) is 15.7. The summed E-state index contributed by atoms with van der Waals surface area (Å²) in [7, 11) is 0. The first-order valence-electron chi connectivity index (χ1n) is 8.03. The molecule has 1 unspecified atom stereocenters. The molecule has 1 aliphatic heterocycles. The Kier molecular flexibility index (Phi) is 4.84. The van der Waals surface area contributed by atoms with Gasteiger partial charge in [0.25, 0.3) is 0 Å². The first-order valence-corrected chi connectivity index (χ1v) is 8.79. The number of amides is 1. The van der Waals surface area contributed by atoms with Crippen LogP contribution in [0, 0.1) is 5.92 Å². The van der Waals surface area contributed by atoms with Gasteiger partial charge in [-0.05, 0) is 37.8 Å². The number of carbonyl (C=O) groups is 1. The molecule has 22 heavy (non-hydrogen) atoms. The molecule has 1 heterocycles. The number of hydrogen-bond acceptors (Lipinski definition) is 2. The predicted molar refractivity (Wildman–Crippen MR) is 88.5 cm³/mol. The average molecular weight is 342 g/mol. The van der Waals surface area contributed by atoms with E-state index in [2.05, 4.69) is 4.90 Å². The lowest BCUT2D eigenvalue weighted by atomic mass is 9.94. The van der Waals surface area contributed by atoms with Crippen molar-refractivity contribution in [2.45, 2.75) is 51.0 Å². The molecule has 1 aromatic carbocycles. The summed E-state index contributed by atoms with van der Waals surface area (Å²) < 4.78 is 0. The van der Waals surface area contributed by atoms with Crippen LogP contribution in [0.15, 0.2) is 12.1 Å². The topological polar surface area (TPSA) is 40.5 Å². The Hall–Kier alpha value is -0.930. The average Bonchev–Trinajstić information content (AvgIpc) is 2.85. The van der Waals surface area contributed by atoms with Crippen molar-refractivity contribution < 1.29 is 9.90 Å². The van der Waals surface area contributed by atoms with E-state index in [1.165, 1.54) is 25.3 Å². The van der Waals surface area contributed by atoms with Crippen LogP contribution in [0.2, 0.25) is 10.0 Å². The molecule has 1 aromatic rings. The van der Waals surface area contributed by atoms with Crippen molar-refractivity contribution in [2.24, 2.45) is 5.92 Å². The van der Waals surface area contributed by atoms with Crippen LogP contribution in [0.5, 0.6) is 5.75 Å². The lowest BCUT2D eigenvalue weighted by molar-refractivity contribution is -0.133. The highest BCUT2D eigenvalue weighted by atomic mass is 35.5. The number of phenols is 1. The van der Waals surface area contributed by atoms with Crippen LogP contribution in [-0.4, -0.2) is 28.5 Å². The fourth-order valence-electron chi connectivity index (χ4n) is 3.75. The van der Waals surface area contributed by atoms with E-state index in [0.29, 0.717) is 28.1 Å². The Bertz CT molecular complexity index is 547. The lowest BCUT2D eigenvalue weighted by Gasteiger charge is -2.31. The number of rotatable bonds is 3. The number of benzene rings is 1. The van der Waals surface area contributed by atoms with Gasteiger partial charge in [-0.1, -0.05) is 42.5 Å². The molecule has 0 aromatic heterocycles. The third-order valence-corrected chi connectivity index (χ3v) is 5.51. The molecule has 0 spiro atoms. The molecule has 2 aliphatic rings. The largest absolute Gasteiger partial charge is 0.508 e. The summed E-state index contributed by atoms with van der Waals surface area (Å²) in [5, 5.41) is 10.9. The van der Waals surface area contributed by atoms with Crippen LogP contribution in [0.3, 0.4) is 0 Å². The normalized spacial score (nSPS) is 23.3. The summed E-state index contributed by atoms with van der Waals surface area (Å²) in [6.45, 7) is 0.833. The Morgan fingerprint density at radius 2 is 1.86 bits per heavy atom. The molecule has 1 atom stereocenters. The van der Waals surface area contributed by atoms with E-state index in [1.54, 1.807) is 6.07 Å². The molecule has 0 bridgehead atoms. The molecule has 2 fully saturated rings. The summed E-state index contributed by atoms with van der Waals surface area (Å²) in [5.74, 6) is 0.227. The quantitative estimate of drug-likeness (QED) is 0.883. The number of nitrogens with zero attached hydrogens (tertiary/aromatic N) is 1. The second kappa shape index (κ2) is 6.67. The summed E-state index contributed by atoms with van der Waals surface area (Å²) in [6.07, 6.45) is 7.33. The monoisotopic (exact) mass is 341 g/mol. The highest BCUT2D eigenvalue weighted by molar-refractivity contribution is 6.35. The molecule has 0 radical (unpaired) electrons. The Labute approximate surface area is 141 Å². The third-order valence-electron chi connectivity index (χ3n) is 4.95. The molecular formula is C17H21Cl2NO2. The zero-order valence-electron chi connectivity index (χ0n) is 12.5. The first kappa shape index (κ1) is 15.9. The first-order chi connectivity index (χ1) is 10.6. The van der Waals surface area contributed by atoms with Crippen LogP contribution in [0.1, 0.15) is 44.1 Å². The maximum atomic E-state index is 12.7. The van der Waals surface area contributed by atoms with Gasteiger partial charge in [-0.3, -0.25) is 4.79 Å². The second-order valence-corrected chi connectivity index (χ2v) is 7.24. The van der Waals surface area contributed by atoms with Crippen molar-refractivity contribution >= 4 is 29.1 Å². The highest BCUT2D eigenvalue weighted by Crippen LogP contribution is 2.35. The number of carbonyl (C=O) groups excluding carboxylic acids is 1. The molecule has 5 heteroatoms.